The summed E-state index contributed by atoms with van der Waals surface area (Å²) in [7, 11) is 0. The van der Waals surface area contributed by atoms with Crippen LogP contribution in [0.15, 0.2) is 69.9 Å². The first-order chi connectivity index (χ1) is 14.6. The van der Waals surface area contributed by atoms with Crippen molar-refractivity contribution in [2.24, 2.45) is 0 Å². The molecular weight excluding hydrogens is 387 g/mol. The van der Waals surface area contributed by atoms with Crippen LogP contribution in [0.25, 0.3) is 0 Å². The second kappa shape index (κ2) is 8.98. The molecule has 2 amide bonds. The van der Waals surface area contributed by atoms with Crippen molar-refractivity contribution >= 4 is 11.8 Å². The number of halogens is 1. The zero-order valence-electron chi connectivity index (χ0n) is 16.4. The second-order valence-corrected chi connectivity index (χ2v) is 7.40. The number of benzene rings is 1. The highest BCUT2D eigenvalue weighted by Crippen LogP contribution is 2.29. The van der Waals surface area contributed by atoms with E-state index in [-0.39, 0.29) is 23.9 Å². The molecule has 0 spiro atoms. The van der Waals surface area contributed by atoms with Gasteiger partial charge in [-0.1, -0.05) is 31.0 Å². The number of nitrogens with one attached hydrogen (secondary N) is 1. The Morgan fingerprint density at radius 1 is 1.03 bits per heavy atom. The van der Waals surface area contributed by atoms with Gasteiger partial charge in [0.2, 0.25) is 5.91 Å². The number of amides is 2. The maximum Gasteiger partial charge on any atom is 0.290 e. The van der Waals surface area contributed by atoms with Gasteiger partial charge in [0.25, 0.3) is 5.91 Å². The molecule has 2 heterocycles. The van der Waals surface area contributed by atoms with Crippen molar-refractivity contribution in [3.63, 3.8) is 0 Å². The number of hydrogen-bond donors (Lipinski definition) is 1. The molecule has 3 aromatic rings. The van der Waals surface area contributed by atoms with Gasteiger partial charge in [-0.15, -0.1) is 0 Å². The summed E-state index contributed by atoms with van der Waals surface area (Å²) in [6.07, 6.45) is 6.70. The molecular formula is C23H23FN2O4. The van der Waals surface area contributed by atoms with Gasteiger partial charge in [-0.2, -0.15) is 0 Å². The lowest BCUT2D eigenvalue weighted by Gasteiger charge is -2.31. The van der Waals surface area contributed by atoms with E-state index < -0.39 is 23.7 Å². The first-order valence-electron chi connectivity index (χ1n) is 10.0. The third kappa shape index (κ3) is 4.30. The normalized spacial score (nSPS) is 15.1. The standard InChI is InChI=1S/C23H23FN2O4/c24-19-11-4-3-10-18(19)21(22(27)25-16-7-1-2-8-16)26(15-17-9-5-13-29-17)23(28)20-12-6-14-30-20/h3-6,9-14,16,21H,1-2,7-8,15H2,(H,25,27)/t21-/m1/s1. The van der Waals surface area contributed by atoms with Crippen molar-refractivity contribution in [2.75, 3.05) is 0 Å². The van der Waals surface area contributed by atoms with Crippen molar-refractivity contribution in [3.05, 3.63) is 84.0 Å². The summed E-state index contributed by atoms with van der Waals surface area (Å²) >= 11 is 0. The van der Waals surface area contributed by atoms with Crippen molar-refractivity contribution in [1.82, 2.24) is 10.2 Å². The Hall–Kier alpha value is -3.35. The van der Waals surface area contributed by atoms with E-state index in [0.29, 0.717) is 5.76 Å². The Morgan fingerprint density at radius 2 is 1.77 bits per heavy atom. The van der Waals surface area contributed by atoms with E-state index in [0.717, 1.165) is 25.7 Å². The summed E-state index contributed by atoms with van der Waals surface area (Å²) in [5, 5.41) is 3.00. The van der Waals surface area contributed by atoms with E-state index in [1.54, 1.807) is 30.3 Å². The second-order valence-electron chi connectivity index (χ2n) is 7.40. The molecule has 1 fully saturated rings. The van der Waals surface area contributed by atoms with E-state index in [2.05, 4.69) is 5.32 Å². The fourth-order valence-corrected chi connectivity index (χ4v) is 3.89. The summed E-state index contributed by atoms with van der Waals surface area (Å²) < 4.78 is 25.5. The molecule has 1 aliphatic carbocycles. The average molecular weight is 410 g/mol. The van der Waals surface area contributed by atoms with Crippen LogP contribution in [0.4, 0.5) is 4.39 Å². The minimum atomic E-state index is -1.17. The predicted octanol–water partition coefficient (Wildman–Crippen LogP) is 4.45. The predicted molar refractivity (Wildman–Crippen MR) is 107 cm³/mol. The summed E-state index contributed by atoms with van der Waals surface area (Å²) in [5.41, 5.74) is 0.124. The largest absolute Gasteiger partial charge is 0.467 e. The maximum absolute atomic E-state index is 14.8. The van der Waals surface area contributed by atoms with Crippen LogP contribution in [-0.4, -0.2) is 22.8 Å². The first-order valence-corrected chi connectivity index (χ1v) is 10.0. The lowest BCUT2D eigenvalue weighted by atomic mass is 10.0. The van der Waals surface area contributed by atoms with Crippen LogP contribution < -0.4 is 5.32 Å². The summed E-state index contributed by atoms with van der Waals surface area (Å²) in [5.74, 6) is -0.952. The molecule has 4 rings (SSSR count). The highest BCUT2D eigenvalue weighted by atomic mass is 19.1. The molecule has 2 aromatic heterocycles. The lowest BCUT2D eigenvalue weighted by Crippen LogP contribution is -2.46. The minimum absolute atomic E-state index is 0.0103. The highest BCUT2D eigenvalue weighted by Gasteiger charge is 2.36. The van der Waals surface area contributed by atoms with E-state index in [9.17, 15) is 14.0 Å². The first kappa shape index (κ1) is 19.9. The summed E-state index contributed by atoms with van der Waals surface area (Å²) in [6, 6.07) is 11.4. The van der Waals surface area contributed by atoms with Gasteiger partial charge >= 0.3 is 0 Å². The van der Waals surface area contributed by atoms with Gasteiger partial charge in [0.15, 0.2) is 5.76 Å². The monoisotopic (exact) mass is 410 g/mol. The highest BCUT2D eigenvalue weighted by molar-refractivity contribution is 5.96. The SMILES string of the molecule is O=C(NC1CCCC1)[C@@H](c1ccccc1F)N(Cc1ccco1)C(=O)c1ccco1. The molecule has 1 aliphatic rings. The molecule has 1 atom stereocenters. The number of nitrogens with zero attached hydrogens (tertiary/aromatic N) is 1. The number of rotatable bonds is 7. The molecule has 7 heteroatoms. The molecule has 1 saturated carbocycles. The Morgan fingerprint density at radius 3 is 2.43 bits per heavy atom. The molecule has 0 radical (unpaired) electrons. The van der Waals surface area contributed by atoms with Gasteiger partial charge in [0, 0.05) is 11.6 Å². The van der Waals surface area contributed by atoms with E-state index >= 15 is 0 Å². The average Bonchev–Trinajstić information content (AvgIpc) is 3.52. The van der Waals surface area contributed by atoms with Gasteiger partial charge in [0.1, 0.15) is 17.6 Å². The summed E-state index contributed by atoms with van der Waals surface area (Å²) in [6.45, 7) is -0.0103. The Kier molecular flexibility index (Phi) is 5.97. The van der Waals surface area contributed by atoms with Crippen LogP contribution >= 0.6 is 0 Å². The van der Waals surface area contributed by atoms with Crippen LogP contribution in [0.3, 0.4) is 0 Å². The molecule has 0 saturated heterocycles. The maximum atomic E-state index is 14.8. The number of carbonyl (C=O) groups is 2. The summed E-state index contributed by atoms with van der Waals surface area (Å²) in [4.78, 5) is 27.9. The topological polar surface area (TPSA) is 75.7 Å². The van der Waals surface area contributed by atoms with Crippen LogP contribution in [0.2, 0.25) is 0 Å². The van der Waals surface area contributed by atoms with Gasteiger partial charge in [-0.05, 0) is 43.2 Å². The van der Waals surface area contributed by atoms with Crippen LogP contribution in [-0.2, 0) is 11.3 Å². The fraction of sp³-hybridized carbons (Fsp3) is 0.304. The van der Waals surface area contributed by atoms with Crippen molar-refractivity contribution < 1.29 is 22.8 Å². The third-order valence-electron chi connectivity index (χ3n) is 5.36. The quantitative estimate of drug-likeness (QED) is 0.624. The molecule has 0 bridgehead atoms. The Labute approximate surface area is 173 Å². The van der Waals surface area contributed by atoms with Gasteiger partial charge in [-0.25, -0.2) is 4.39 Å². The van der Waals surface area contributed by atoms with E-state index in [1.807, 2.05) is 0 Å². The van der Waals surface area contributed by atoms with Crippen molar-refractivity contribution in [2.45, 2.75) is 44.3 Å². The van der Waals surface area contributed by atoms with Gasteiger partial charge in [0.05, 0.1) is 19.1 Å². The molecule has 1 N–H and O–H groups in total. The van der Waals surface area contributed by atoms with E-state index in [4.69, 9.17) is 8.83 Å². The van der Waals surface area contributed by atoms with Crippen LogP contribution in [0.1, 0.15) is 53.6 Å². The van der Waals surface area contributed by atoms with E-state index in [1.165, 1.54) is 35.6 Å². The molecule has 6 nitrogen and oxygen atoms in total. The zero-order chi connectivity index (χ0) is 20.9. The molecule has 30 heavy (non-hydrogen) atoms. The smallest absolute Gasteiger partial charge is 0.290 e. The number of carbonyl (C=O) groups excluding carboxylic acids is 2. The van der Waals surface area contributed by atoms with Gasteiger partial charge in [-0.3, -0.25) is 9.59 Å². The zero-order valence-corrected chi connectivity index (χ0v) is 16.4. The minimum Gasteiger partial charge on any atom is -0.467 e. The van der Waals surface area contributed by atoms with Crippen molar-refractivity contribution in [1.29, 1.82) is 0 Å². The third-order valence-corrected chi connectivity index (χ3v) is 5.36. The molecule has 0 aliphatic heterocycles. The van der Waals surface area contributed by atoms with Gasteiger partial charge < -0.3 is 19.1 Å². The molecule has 1 aromatic carbocycles. The van der Waals surface area contributed by atoms with Crippen LogP contribution in [0.5, 0.6) is 0 Å². The molecule has 156 valence electrons. The molecule has 0 unspecified atom stereocenters. The fourth-order valence-electron chi connectivity index (χ4n) is 3.89. The van der Waals surface area contributed by atoms with Crippen LogP contribution in [0, 0.1) is 5.82 Å². The van der Waals surface area contributed by atoms with Crippen molar-refractivity contribution in [3.8, 4) is 0 Å². The Bertz CT molecular complexity index is 979. The lowest BCUT2D eigenvalue weighted by molar-refractivity contribution is -0.127. The number of hydrogen-bond acceptors (Lipinski definition) is 4. The number of furan rings is 2. The Balaban J connectivity index is 1.74.